The molecular weight excluding hydrogens is 637 g/mol. The van der Waals surface area contributed by atoms with Gasteiger partial charge in [-0.3, -0.25) is 9.59 Å². The van der Waals surface area contributed by atoms with Gasteiger partial charge in [0.2, 0.25) is 0 Å². The van der Waals surface area contributed by atoms with E-state index in [-0.39, 0.29) is 21.6 Å². The molecule has 0 aromatic heterocycles. The standard InChI is InChI=1S/C22H38O2Si.C21H34O2Si/c1-8-9-10-11-18(2)12-13-20-16-19(17-21(20)23)14-15-24-25(6,7)22(3,4)5;1-7-8-9-10-11-12-13-19-16-18(17-20(19)22)14-15-23-24(5,6)21(2,3)4/h9-10,13,17-18H,8,11-12,14-16H2,1-7H3;8-9,11-13,17H,7,10,14-16H2,1-6H3/b10-9-,20-13+;9-8-,12-11+,19-13+/t18-;/m0./s1. The lowest BCUT2D eigenvalue weighted by atomic mass is 10.00. The fourth-order valence-corrected chi connectivity index (χ4v) is 6.89. The van der Waals surface area contributed by atoms with Gasteiger partial charge in [0.05, 0.1) is 0 Å². The lowest BCUT2D eigenvalue weighted by molar-refractivity contribution is -0.111. The van der Waals surface area contributed by atoms with Gasteiger partial charge < -0.3 is 8.85 Å². The van der Waals surface area contributed by atoms with Crippen molar-refractivity contribution in [3.63, 3.8) is 0 Å². The minimum absolute atomic E-state index is 0.158. The second-order valence-electron chi connectivity index (χ2n) is 16.8. The highest BCUT2D eigenvalue weighted by molar-refractivity contribution is 6.74. The maximum absolute atomic E-state index is 12.2. The van der Waals surface area contributed by atoms with Crippen LogP contribution in [0.3, 0.4) is 0 Å². The first-order chi connectivity index (χ1) is 22.7. The maximum atomic E-state index is 12.2. The number of hydrogen-bond donors (Lipinski definition) is 0. The van der Waals surface area contributed by atoms with E-state index in [4.69, 9.17) is 8.85 Å². The molecule has 2 rings (SSSR count). The van der Waals surface area contributed by atoms with E-state index >= 15 is 0 Å². The Morgan fingerprint density at radius 3 is 1.65 bits per heavy atom. The molecular formula is C43H72O4Si2. The van der Waals surface area contributed by atoms with Gasteiger partial charge in [-0.2, -0.15) is 0 Å². The first-order valence-electron chi connectivity index (χ1n) is 18.8. The lowest BCUT2D eigenvalue weighted by Crippen LogP contribution is -2.41. The number of hydrogen-bond acceptors (Lipinski definition) is 4. The Morgan fingerprint density at radius 2 is 1.16 bits per heavy atom. The normalized spacial score (nSPS) is 18.7. The Kier molecular flexibility index (Phi) is 19.5. The molecule has 2 aliphatic rings. The zero-order chi connectivity index (χ0) is 37.3. The Hall–Kier alpha value is -2.13. The smallest absolute Gasteiger partial charge is 0.191 e. The first-order valence-corrected chi connectivity index (χ1v) is 24.7. The van der Waals surface area contributed by atoms with Gasteiger partial charge >= 0.3 is 0 Å². The molecule has 0 N–H and O–H groups in total. The Balaban J connectivity index is 0.000000490. The summed E-state index contributed by atoms with van der Waals surface area (Å²) < 4.78 is 12.4. The van der Waals surface area contributed by atoms with Crippen LogP contribution < -0.4 is 0 Å². The molecule has 4 nitrogen and oxygen atoms in total. The minimum Gasteiger partial charge on any atom is -0.417 e. The van der Waals surface area contributed by atoms with Crippen molar-refractivity contribution < 1.29 is 18.4 Å². The second kappa shape index (κ2) is 21.3. The summed E-state index contributed by atoms with van der Waals surface area (Å²) in [6.45, 7) is 30.6. The molecule has 49 heavy (non-hydrogen) atoms. The SMILES string of the molecule is CC/C=C\C/C=C/C=C1\CC(CCO[Si](C)(C)C(C)(C)C)=CC1=O.CC/C=C\C[C@H](C)C/C=C1\CC(CCO[Si](C)(C)C(C)(C)C)=CC1=O. The van der Waals surface area contributed by atoms with Gasteiger partial charge in [-0.1, -0.05) is 122 Å². The van der Waals surface area contributed by atoms with Crippen LogP contribution in [-0.2, 0) is 18.4 Å². The molecule has 0 bridgehead atoms. The van der Waals surface area contributed by atoms with Crippen LogP contribution >= 0.6 is 0 Å². The van der Waals surface area contributed by atoms with Crippen molar-refractivity contribution in [2.24, 2.45) is 5.92 Å². The molecule has 0 heterocycles. The number of carbonyl (C=O) groups excluding carboxylic acids is 2. The van der Waals surface area contributed by atoms with Gasteiger partial charge in [0.25, 0.3) is 0 Å². The van der Waals surface area contributed by atoms with Crippen LogP contribution in [0, 0.1) is 5.92 Å². The zero-order valence-corrected chi connectivity index (χ0v) is 35.8. The largest absolute Gasteiger partial charge is 0.417 e. The minimum atomic E-state index is -1.69. The summed E-state index contributed by atoms with van der Waals surface area (Å²) >= 11 is 0. The molecule has 0 unspecified atom stereocenters. The molecule has 0 aromatic rings. The fourth-order valence-electron chi connectivity index (χ4n) is 4.80. The summed E-state index contributed by atoms with van der Waals surface area (Å²) in [4.78, 5) is 24.2. The fraction of sp³-hybridized carbons (Fsp3) is 0.628. The summed E-state index contributed by atoms with van der Waals surface area (Å²) in [7, 11) is -3.38. The third-order valence-electron chi connectivity index (χ3n) is 10.3. The molecule has 276 valence electrons. The summed E-state index contributed by atoms with van der Waals surface area (Å²) in [5.41, 5.74) is 4.31. The molecule has 0 aromatic carbocycles. The van der Waals surface area contributed by atoms with E-state index in [2.05, 4.69) is 125 Å². The third kappa shape index (κ3) is 17.1. The average molecular weight is 709 g/mol. The summed E-state index contributed by atoms with van der Waals surface area (Å²) in [5.74, 6) is 0.957. The average Bonchev–Trinajstić information content (AvgIpc) is 3.53. The number of carbonyl (C=O) groups is 2. The van der Waals surface area contributed by atoms with E-state index in [0.29, 0.717) is 5.92 Å². The summed E-state index contributed by atoms with van der Waals surface area (Å²) in [6, 6.07) is 0. The van der Waals surface area contributed by atoms with E-state index in [0.717, 1.165) is 82.1 Å². The predicted octanol–water partition coefficient (Wildman–Crippen LogP) is 12.7. The molecule has 0 fully saturated rings. The summed E-state index contributed by atoms with van der Waals surface area (Å²) in [6.07, 6.45) is 29.1. The van der Waals surface area contributed by atoms with E-state index in [9.17, 15) is 9.59 Å². The quantitative estimate of drug-likeness (QED) is 0.0857. The zero-order valence-electron chi connectivity index (χ0n) is 33.8. The Labute approximate surface area is 304 Å². The van der Waals surface area contributed by atoms with Crippen molar-refractivity contribution in [1.29, 1.82) is 0 Å². The topological polar surface area (TPSA) is 52.6 Å². The van der Waals surface area contributed by atoms with Crippen LogP contribution in [0.4, 0.5) is 0 Å². The molecule has 0 spiro atoms. The van der Waals surface area contributed by atoms with Gasteiger partial charge in [0.1, 0.15) is 0 Å². The van der Waals surface area contributed by atoms with Crippen molar-refractivity contribution in [3.8, 4) is 0 Å². The molecule has 0 saturated heterocycles. The van der Waals surface area contributed by atoms with Crippen molar-refractivity contribution in [1.82, 2.24) is 0 Å². The second-order valence-corrected chi connectivity index (χ2v) is 26.4. The number of rotatable bonds is 17. The van der Waals surface area contributed by atoms with E-state index in [1.54, 1.807) is 6.08 Å². The molecule has 0 radical (unpaired) electrons. The van der Waals surface area contributed by atoms with Crippen LogP contribution in [0.1, 0.15) is 120 Å². The van der Waals surface area contributed by atoms with Crippen LogP contribution in [0.25, 0.3) is 0 Å². The van der Waals surface area contributed by atoms with Crippen molar-refractivity contribution in [2.45, 2.75) is 156 Å². The van der Waals surface area contributed by atoms with E-state index in [1.165, 1.54) is 11.1 Å². The van der Waals surface area contributed by atoms with E-state index in [1.807, 2.05) is 18.2 Å². The van der Waals surface area contributed by atoms with Crippen LogP contribution in [0.2, 0.25) is 36.3 Å². The van der Waals surface area contributed by atoms with Crippen molar-refractivity contribution in [2.75, 3.05) is 13.2 Å². The van der Waals surface area contributed by atoms with Gasteiger partial charge in [-0.05, 0) is 118 Å². The highest BCUT2D eigenvalue weighted by atomic mass is 28.4. The maximum Gasteiger partial charge on any atom is 0.191 e. The van der Waals surface area contributed by atoms with Gasteiger partial charge in [0, 0.05) is 18.8 Å². The van der Waals surface area contributed by atoms with Gasteiger partial charge in [-0.25, -0.2) is 0 Å². The molecule has 6 heteroatoms. The lowest BCUT2D eigenvalue weighted by Gasteiger charge is -2.36. The summed E-state index contributed by atoms with van der Waals surface area (Å²) in [5, 5.41) is 0.468. The highest BCUT2D eigenvalue weighted by Gasteiger charge is 2.38. The van der Waals surface area contributed by atoms with Crippen LogP contribution in [0.5, 0.6) is 0 Å². The van der Waals surface area contributed by atoms with Gasteiger partial charge in [-0.15, -0.1) is 0 Å². The Bertz CT molecular complexity index is 1270. The molecule has 0 amide bonds. The molecule has 1 atom stereocenters. The molecule has 0 aliphatic heterocycles. The third-order valence-corrected chi connectivity index (χ3v) is 19.4. The predicted molar refractivity (Wildman–Crippen MR) is 218 cm³/mol. The van der Waals surface area contributed by atoms with Crippen LogP contribution in [-0.4, -0.2) is 41.4 Å². The molecule has 2 aliphatic carbocycles. The monoisotopic (exact) mass is 708 g/mol. The Morgan fingerprint density at radius 1 is 0.694 bits per heavy atom. The first kappa shape index (κ1) is 44.9. The van der Waals surface area contributed by atoms with Gasteiger partial charge in [0.15, 0.2) is 28.2 Å². The number of ketones is 2. The van der Waals surface area contributed by atoms with Crippen LogP contribution in [0.15, 0.2) is 83.1 Å². The van der Waals surface area contributed by atoms with Crippen molar-refractivity contribution in [3.05, 3.63) is 83.1 Å². The van der Waals surface area contributed by atoms with Crippen molar-refractivity contribution >= 4 is 28.2 Å². The van der Waals surface area contributed by atoms with E-state index < -0.39 is 16.6 Å². The highest BCUT2D eigenvalue weighted by Crippen LogP contribution is 2.38. The molecule has 0 saturated carbocycles. The number of allylic oxidation sites excluding steroid dienone is 12.